The number of anilines is 2. The molecule has 0 saturated heterocycles. The molecule has 0 fully saturated rings. The van der Waals surface area contributed by atoms with Gasteiger partial charge in [0, 0.05) is 19.7 Å². The van der Waals surface area contributed by atoms with Crippen LogP contribution < -0.4 is 10.6 Å². The first-order valence-corrected chi connectivity index (χ1v) is 6.62. The van der Waals surface area contributed by atoms with Crippen LogP contribution >= 0.6 is 0 Å². The van der Waals surface area contributed by atoms with Gasteiger partial charge in [-0.3, -0.25) is 0 Å². The molecule has 0 aliphatic heterocycles. The van der Waals surface area contributed by atoms with Crippen LogP contribution in [0.2, 0.25) is 0 Å². The summed E-state index contributed by atoms with van der Waals surface area (Å²) in [4.78, 5) is 6.90. The van der Waals surface area contributed by atoms with Gasteiger partial charge in [-0.15, -0.1) is 0 Å². The van der Waals surface area contributed by atoms with E-state index in [2.05, 4.69) is 23.7 Å². The van der Waals surface area contributed by atoms with Crippen molar-refractivity contribution in [3.8, 4) is 0 Å². The molecule has 0 radical (unpaired) electrons. The molecule has 0 aliphatic rings. The van der Waals surface area contributed by atoms with E-state index in [-0.39, 0.29) is 0 Å². The molecule has 1 aromatic heterocycles. The smallest absolute Gasteiger partial charge is 0.129 e. The fourth-order valence-electron chi connectivity index (χ4n) is 2.12. The van der Waals surface area contributed by atoms with Crippen molar-refractivity contribution in [2.24, 2.45) is 0 Å². The van der Waals surface area contributed by atoms with E-state index >= 15 is 0 Å². The normalized spacial score (nSPS) is 10.9. The lowest BCUT2D eigenvalue weighted by Crippen LogP contribution is -2.37. The number of nitrogens with two attached hydrogens (primary N) is 1. The van der Waals surface area contributed by atoms with Gasteiger partial charge in [0.1, 0.15) is 5.82 Å². The lowest BCUT2D eigenvalue weighted by molar-refractivity contribution is 0.202. The second-order valence-corrected chi connectivity index (χ2v) is 4.50. The maximum absolute atomic E-state index is 5.82. The van der Waals surface area contributed by atoms with E-state index in [9.17, 15) is 0 Å². The summed E-state index contributed by atoms with van der Waals surface area (Å²) < 4.78 is 5.19. The molecule has 1 rings (SSSR count). The maximum Gasteiger partial charge on any atom is 0.129 e. The molecule has 0 bridgehead atoms. The Balaban J connectivity index is 2.96. The molecule has 0 amide bonds. The van der Waals surface area contributed by atoms with Crippen LogP contribution in [0.4, 0.5) is 11.5 Å². The third kappa shape index (κ3) is 3.60. The number of hydrogen-bond acceptors (Lipinski definition) is 4. The second kappa shape index (κ2) is 7.21. The number of methoxy groups -OCH3 is 1. The molecule has 102 valence electrons. The highest BCUT2D eigenvalue weighted by Gasteiger charge is 2.17. The molecule has 0 atom stereocenters. The van der Waals surface area contributed by atoms with E-state index < -0.39 is 0 Å². The molecule has 1 heterocycles. The van der Waals surface area contributed by atoms with Gasteiger partial charge in [0.2, 0.25) is 0 Å². The third-order valence-electron chi connectivity index (χ3n) is 3.33. The summed E-state index contributed by atoms with van der Waals surface area (Å²) in [6.07, 6.45) is 2.20. The van der Waals surface area contributed by atoms with Crippen molar-refractivity contribution in [1.29, 1.82) is 0 Å². The van der Waals surface area contributed by atoms with Crippen LogP contribution in [0.3, 0.4) is 0 Å². The van der Waals surface area contributed by atoms with Gasteiger partial charge < -0.3 is 15.4 Å². The number of nitrogen functional groups attached to an aromatic ring is 1. The maximum atomic E-state index is 5.82. The van der Waals surface area contributed by atoms with E-state index in [1.807, 2.05) is 19.1 Å². The minimum atomic E-state index is 0.496. The lowest BCUT2D eigenvalue weighted by atomic mass is 10.1. The van der Waals surface area contributed by atoms with Crippen molar-refractivity contribution >= 4 is 11.5 Å². The van der Waals surface area contributed by atoms with Crippen LogP contribution in [0.15, 0.2) is 12.1 Å². The van der Waals surface area contributed by atoms with Crippen LogP contribution in [0, 0.1) is 6.92 Å². The highest BCUT2D eigenvalue weighted by atomic mass is 16.5. The van der Waals surface area contributed by atoms with Gasteiger partial charge in [-0.2, -0.15) is 0 Å². The van der Waals surface area contributed by atoms with Gasteiger partial charge in [-0.25, -0.2) is 4.98 Å². The summed E-state index contributed by atoms with van der Waals surface area (Å²) in [5, 5.41) is 0. The number of pyridine rings is 1. The van der Waals surface area contributed by atoms with Crippen molar-refractivity contribution in [1.82, 2.24) is 4.98 Å². The van der Waals surface area contributed by atoms with E-state index in [1.165, 1.54) is 0 Å². The highest BCUT2D eigenvalue weighted by Crippen LogP contribution is 2.20. The van der Waals surface area contributed by atoms with Crippen LogP contribution in [0.1, 0.15) is 32.4 Å². The Labute approximate surface area is 110 Å². The van der Waals surface area contributed by atoms with E-state index in [4.69, 9.17) is 10.5 Å². The van der Waals surface area contributed by atoms with Crippen molar-refractivity contribution < 1.29 is 4.74 Å². The van der Waals surface area contributed by atoms with Crippen molar-refractivity contribution in [2.45, 2.75) is 39.7 Å². The average molecular weight is 251 g/mol. The zero-order chi connectivity index (χ0) is 13.5. The number of nitrogens with zero attached hydrogens (tertiary/aromatic N) is 2. The molecule has 0 spiro atoms. The fourth-order valence-corrected chi connectivity index (χ4v) is 2.12. The Kier molecular flexibility index (Phi) is 5.92. The molecule has 0 saturated carbocycles. The van der Waals surface area contributed by atoms with Gasteiger partial charge in [0.15, 0.2) is 0 Å². The molecule has 0 aromatic carbocycles. The average Bonchev–Trinajstić information content (AvgIpc) is 2.38. The first-order valence-electron chi connectivity index (χ1n) is 6.62. The van der Waals surface area contributed by atoms with E-state index in [1.54, 1.807) is 7.11 Å². The molecule has 4 heteroatoms. The Bertz CT molecular complexity index is 364. The molecule has 1 aromatic rings. The zero-order valence-electron chi connectivity index (χ0n) is 11.9. The number of aromatic nitrogens is 1. The quantitative estimate of drug-likeness (QED) is 0.809. The van der Waals surface area contributed by atoms with Gasteiger partial charge >= 0.3 is 0 Å². The molecule has 18 heavy (non-hydrogen) atoms. The summed E-state index contributed by atoms with van der Waals surface area (Å²) in [7, 11) is 1.73. The van der Waals surface area contributed by atoms with E-state index in [0.717, 1.165) is 36.6 Å². The van der Waals surface area contributed by atoms with Crippen LogP contribution in [0.5, 0.6) is 0 Å². The highest BCUT2D eigenvalue weighted by molar-refractivity contribution is 5.50. The van der Waals surface area contributed by atoms with Crippen molar-refractivity contribution in [3.05, 3.63) is 17.8 Å². The summed E-state index contributed by atoms with van der Waals surface area (Å²) in [6.45, 7) is 7.93. The van der Waals surface area contributed by atoms with Gasteiger partial charge in [0.25, 0.3) is 0 Å². The molecular formula is C14H25N3O. The van der Waals surface area contributed by atoms with E-state index in [0.29, 0.717) is 12.6 Å². The first-order chi connectivity index (χ1) is 8.63. The summed E-state index contributed by atoms with van der Waals surface area (Å²) >= 11 is 0. The monoisotopic (exact) mass is 251 g/mol. The van der Waals surface area contributed by atoms with Crippen LogP contribution in [-0.4, -0.2) is 31.3 Å². The minimum Gasteiger partial charge on any atom is -0.397 e. The van der Waals surface area contributed by atoms with Crippen LogP contribution in [0.25, 0.3) is 0 Å². The van der Waals surface area contributed by atoms with Gasteiger partial charge in [-0.05, 0) is 31.9 Å². The second-order valence-electron chi connectivity index (χ2n) is 4.50. The SMILES string of the molecule is CCC(CC)N(CCOC)c1ccc(N)c(C)n1. The third-order valence-corrected chi connectivity index (χ3v) is 3.33. The molecule has 0 aliphatic carbocycles. The predicted octanol–water partition coefficient (Wildman–Crippen LogP) is 2.61. The lowest BCUT2D eigenvalue weighted by Gasteiger charge is -2.31. The Hall–Kier alpha value is -1.29. The standard InChI is InChI=1S/C14H25N3O/c1-5-12(6-2)17(9-10-18-4)14-8-7-13(15)11(3)16-14/h7-8,12H,5-6,9-10,15H2,1-4H3. The van der Waals surface area contributed by atoms with Gasteiger partial charge in [-0.1, -0.05) is 13.8 Å². The number of hydrogen-bond donors (Lipinski definition) is 1. The Morgan fingerprint density at radius 3 is 2.50 bits per heavy atom. The molecular weight excluding hydrogens is 226 g/mol. The Morgan fingerprint density at radius 2 is 2.00 bits per heavy atom. The van der Waals surface area contributed by atoms with Gasteiger partial charge in [0.05, 0.1) is 18.0 Å². The predicted molar refractivity (Wildman–Crippen MR) is 77.0 cm³/mol. The first kappa shape index (κ1) is 14.8. The number of ether oxygens (including phenoxy) is 1. The van der Waals surface area contributed by atoms with Crippen molar-refractivity contribution in [3.63, 3.8) is 0 Å². The topological polar surface area (TPSA) is 51.4 Å². The molecule has 2 N–H and O–H groups in total. The minimum absolute atomic E-state index is 0.496. The zero-order valence-corrected chi connectivity index (χ0v) is 11.9. The number of aryl methyl sites for hydroxylation is 1. The van der Waals surface area contributed by atoms with Crippen molar-refractivity contribution in [2.75, 3.05) is 30.9 Å². The fraction of sp³-hybridized carbons (Fsp3) is 0.643. The Morgan fingerprint density at radius 1 is 1.33 bits per heavy atom. The summed E-state index contributed by atoms with van der Waals surface area (Å²) in [6, 6.07) is 4.42. The molecule has 0 unspecified atom stereocenters. The number of rotatable bonds is 7. The largest absolute Gasteiger partial charge is 0.397 e. The van der Waals surface area contributed by atoms with Crippen LogP contribution in [-0.2, 0) is 4.74 Å². The summed E-state index contributed by atoms with van der Waals surface area (Å²) in [5.74, 6) is 0.993. The molecule has 4 nitrogen and oxygen atoms in total. The summed E-state index contributed by atoms with van der Waals surface area (Å²) in [5.41, 5.74) is 7.46.